The summed E-state index contributed by atoms with van der Waals surface area (Å²) in [4.78, 5) is 32.8. The summed E-state index contributed by atoms with van der Waals surface area (Å²) < 4.78 is 19.4. The number of carboxylic acid groups (broad SMARTS) is 1. The van der Waals surface area contributed by atoms with Crippen molar-refractivity contribution in [3.05, 3.63) is 0 Å². The number of ether oxygens (including phenoxy) is 4. The summed E-state index contributed by atoms with van der Waals surface area (Å²) in [5.74, 6) is -2.57. The number of carboxylic acids is 1. The highest BCUT2D eigenvalue weighted by molar-refractivity contribution is 5.81. The van der Waals surface area contributed by atoms with Crippen molar-refractivity contribution < 1.29 is 38.4 Å². The minimum absolute atomic E-state index is 0.0412. The largest absolute Gasteiger partial charge is 0.481 e. The molecule has 8 heteroatoms. The van der Waals surface area contributed by atoms with Crippen LogP contribution >= 0.6 is 0 Å². The molecule has 0 radical (unpaired) electrons. The summed E-state index contributed by atoms with van der Waals surface area (Å²) in [6, 6.07) is 0. The van der Waals surface area contributed by atoms with Crippen LogP contribution in [0.4, 0.5) is 0 Å². The van der Waals surface area contributed by atoms with Gasteiger partial charge in [0.05, 0.1) is 32.7 Å². The van der Waals surface area contributed by atoms with Gasteiger partial charge in [0.2, 0.25) is 0 Å². The molecule has 0 heterocycles. The first kappa shape index (κ1) is 18.3. The topological polar surface area (TPSA) is 108 Å². The van der Waals surface area contributed by atoms with E-state index in [9.17, 15) is 14.4 Å². The first-order chi connectivity index (χ1) is 9.47. The summed E-state index contributed by atoms with van der Waals surface area (Å²) in [6.07, 6.45) is -1.70. The lowest BCUT2D eigenvalue weighted by atomic mass is 10.3. The summed E-state index contributed by atoms with van der Waals surface area (Å²) in [5, 5.41) is 8.39. The first-order valence-corrected chi connectivity index (χ1v) is 6.12. The van der Waals surface area contributed by atoms with Gasteiger partial charge in [0, 0.05) is 7.11 Å². The number of aliphatic carboxylic acids is 1. The van der Waals surface area contributed by atoms with Crippen molar-refractivity contribution in [2.75, 3.05) is 33.5 Å². The zero-order chi connectivity index (χ0) is 15.4. The fraction of sp³-hybridized carbons (Fsp3) is 0.750. The van der Waals surface area contributed by atoms with Crippen LogP contribution in [0, 0.1) is 0 Å². The van der Waals surface area contributed by atoms with Gasteiger partial charge < -0.3 is 24.1 Å². The van der Waals surface area contributed by atoms with Crippen molar-refractivity contribution in [1.82, 2.24) is 0 Å². The fourth-order valence-corrected chi connectivity index (χ4v) is 1.08. The smallest absolute Gasteiger partial charge is 0.347 e. The Morgan fingerprint density at radius 2 is 1.70 bits per heavy atom. The van der Waals surface area contributed by atoms with E-state index in [1.54, 1.807) is 7.11 Å². The van der Waals surface area contributed by atoms with E-state index in [0.29, 0.717) is 13.2 Å². The summed E-state index contributed by atoms with van der Waals surface area (Å²) in [6.45, 7) is 2.46. The van der Waals surface area contributed by atoms with Gasteiger partial charge in [0.1, 0.15) is 6.61 Å². The van der Waals surface area contributed by atoms with Gasteiger partial charge in [-0.15, -0.1) is 0 Å². The normalized spacial score (nSPS) is 11.7. The standard InChI is InChI=1S/C12H20O8/c1-9(20-11(15)4-3-10(13)14)12(16)19-8-7-18-6-5-17-2/h9H,3-8H2,1-2H3,(H,13,14). The van der Waals surface area contributed by atoms with Gasteiger partial charge in [-0.3, -0.25) is 9.59 Å². The van der Waals surface area contributed by atoms with E-state index in [4.69, 9.17) is 24.1 Å². The molecule has 0 fully saturated rings. The summed E-state index contributed by atoms with van der Waals surface area (Å²) in [7, 11) is 1.55. The third-order valence-electron chi connectivity index (χ3n) is 2.09. The molecule has 0 amide bonds. The highest BCUT2D eigenvalue weighted by atomic mass is 16.6. The van der Waals surface area contributed by atoms with Gasteiger partial charge in [-0.05, 0) is 6.92 Å². The molecule has 0 aromatic rings. The van der Waals surface area contributed by atoms with E-state index in [-0.39, 0.29) is 26.1 Å². The van der Waals surface area contributed by atoms with E-state index < -0.39 is 24.0 Å². The van der Waals surface area contributed by atoms with Crippen molar-refractivity contribution in [2.45, 2.75) is 25.9 Å². The second kappa shape index (κ2) is 11.2. The zero-order valence-electron chi connectivity index (χ0n) is 11.6. The molecule has 0 aliphatic rings. The number of rotatable bonds is 11. The number of hydrogen-bond donors (Lipinski definition) is 1. The number of carbonyl (C=O) groups is 3. The molecular weight excluding hydrogens is 272 g/mol. The summed E-state index contributed by atoms with van der Waals surface area (Å²) >= 11 is 0. The van der Waals surface area contributed by atoms with E-state index in [1.807, 2.05) is 0 Å². The van der Waals surface area contributed by atoms with Crippen LogP contribution in [0.15, 0.2) is 0 Å². The van der Waals surface area contributed by atoms with Crippen molar-refractivity contribution in [2.24, 2.45) is 0 Å². The van der Waals surface area contributed by atoms with E-state index in [2.05, 4.69) is 0 Å². The molecule has 1 unspecified atom stereocenters. The molecule has 0 saturated carbocycles. The van der Waals surface area contributed by atoms with Crippen molar-refractivity contribution in [3.8, 4) is 0 Å². The molecule has 0 rings (SSSR count). The molecule has 0 saturated heterocycles. The maximum absolute atomic E-state index is 11.4. The lowest BCUT2D eigenvalue weighted by molar-refractivity contribution is -0.168. The molecule has 1 atom stereocenters. The minimum Gasteiger partial charge on any atom is -0.481 e. The van der Waals surface area contributed by atoms with Crippen molar-refractivity contribution >= 4 is 17.9 Å². The van der Waals surface area contributed by atoms with E-state index in [0.717, 1.165) is 0 Å². The third-order valence-corrected chi connectivity index (χ3v) is 2.09. The summed E-state index contributed by atoms with van der Waals surface area (Å²) in [5.41, 5.74) is 0. The predicted molar refractivity (Wildman–Crippen MR) is 66.1 cm³/mol. The molecule has 0 bridgehead atoms. The molecule has 0 aromatic carbocycles. The molecule has 1 N–H and O–H groups in total. The van der Waals surface area contributed by atoms with Crippen LogP contribution in [0.3, 0.4) is 0 Å². The monoisotopic (exact) mass is 292 g/mol. The van der Waals surface area contributed by atoms with Crippen LogP contribution < -0.4 is 0 Å². The fourth-order valence-electron chi connectivity index (χ4n) is 1.08. The van der Waals surface area contributed by atoms with Gasteiger partial charge in [-0.2, -0.15) is 0 Å². The Balaban J connectivity index is 3.70. The van der Waals surface area contributed by atoms with Crippen molar-refractivity contribution in [3.63, 3.8) is 0 Å². The predicted octanol–water partition coefficient (Wildman–Crippen LogP) is -0.0109. The van der Waals surface area contributed by atoms with Crippen LogP contribution in [0.5, 0.6) is 0 Å². The highest BCUT2D eigenvalue weighted by Crippen LogP contribution is 2.00. The quantitative estimate of drug-likeness (QED) is 0.418. The molecule has 0 aliphatic carbocycles. The van der Waals surface area contributed by atoms with Gasteiger partial charge in [-0.25, -0.2) is 4.79 Å². The third kappa shape index (κ3) is 10.3. The molecule has 0 aromatic heterocycles. The van der Waals surface area contributed by atoms with Gasteiger partial charge in [0.25, 0.3) is 0 Å². The Bertz CT molecular complexity index is 315. The van der Waals surface area contributed by atoms with E-state index >= 15 is 0 Å². The van der Waals surface area contributed by atoms with Crippen LogP contribution in [0.2, 0.25) is 0 Å². The number of esters is 2. The molecule has 0 spiro atoms. The lowest BCUT2D eigenvalue weighted by Gasteiger charge is -2.12. The van der Waals surface area contributed by atoms with Crippen LogP contribution in [0.1, 0.15) is 19.8 Å². The van der Waals surface area contributed by atoms with Gasteiger partial charge in [-0.1, -0.05) is 0 Å². The Kier molecular flexibility index (Phi) is 10.2. The van der Waals surface area contributed by atoms with Gasteiger partial charge in [0.15, 0.2) is 6.10 Å². The second-order valence-corrected chi connectivity index (χ2v) is 3.80. The second-order valence-electron chi connectivity index (χ2n) is 3.80. The molecular formula is C12H20O8. The lowest BCUT2D eigenvalue weighted by Crippen LogP contribution is -2.27. The maximum atomic E-state index is 11.4. The van der Waals surface area contributed by atoms with E-state index in [1.165, 1.54) is 6.92 Å². The average molecular weight is 292 g/mol. The SMILES string of the molecule is COCCOCCOC(=O)C(C)OC(=O)CCC(=O)O. The Labute approximate surface area is 116 Å². The zero-order valence-corrected chi connectivity index (χ0v) is 11.6. The van der Waals surface area contributed by atoms with Crippen LogP contribution in [0.25, 0.3) is 0 Å². The molecule has 116 valence electrons. The van der Waals surface area contributed by atoms with Gasteiger partial charge >= 0.3 is 17.9 Å². The maximum Gasteiger partial charge on any atom is 0.347 e. The number of hydrogen-bond acceptors (Lipinski definition) is 7. The first-order valence-electron chi connectivity index (χ1n) is 6.12. The molecule has 20 heavy (non-hydrogen) atoms. The van der Waals surface area contributed by atoms with Crippen LogP contribution in [-0.2, 0) is 33.3 Å². The Hall–Kier alpha value is -1.67. The number of carbonyl (C=O) groups excluding carboxylic acids is 2. The Morgan fingerprint density at radius 1 is 1.05 bits per heavy atom. The average Bonchev–Trinajstić information content (AvgIpc) is 2.40. The Morgan fingerprint density at radius 3 is 2.30 bits per heavy atom. The van der Waals surface area contributed by atoms with Crippen molar-refractivity contribution in [1.29, 1.82) is 0 Å². The molecule has 0 aliphatic heterocycles. The number of methoxy groups -OCH3 is 1. The minimum atomic E-state index is -1.11. The highest BCUT2D eigenvalue weighted by Gasteiger charge is 2.19. The van der Waals surface area contributed by atoms with Crippen LogP contribution in [-0.4, -0.2) is 62.7 Å². The molecule has 8 nitrogen and oxygen atoms in total.